The summed E-state index contributed by atoms with van der Waals surface area (Å²) in [5.41, 5.74) is 2.76. The van der Waals surface area contributed by atoms with Crippen molar-refractivity contribution >= 4 is 11.6 Å². The molecule has 41 heavy (non-hydrogen) atoms. The lowest BCUT2D eigenvalue weighted by Crippen LogP contribution is -2.64. The number of ether oxygens (including phenoxy) is 2. The molecule has 0 radical (unpaired) electrons. The van der Waals surface area contributed by atoms with Crippen LogP contribution in [0.4, 0.5) is 10.1 Å². The lowest BCUT2D eigenvalue weighted by molar-refractivity contribution is -0.122. The number of benzene rings is 1. The van der Waals surface area contributed by atoms with Gasteiger partial charge >= 0.3 is 0 Å². The normalized spacial score (nSPS) is 29.5. The zero-order valence-corrected chi connectivity index (χ0v) is 24.6. The number of amides is 1. The van der Waals surface area contributed by atoms with Crippen molar-refractivity contribution in [3.63, 3.8) is 0 Å². The van der Waals surface area contributed by atoms with Gasteiger partial charge < -0.3 is 14.8 Å². The van der Waals surface area contributed by atoms with Gasteiger partial charge in [-0.2, -0.15) is 0 Å². The van der Waals surface area contributed by atoms with Crippen molar-refractivity contribution in [1.82, 2.24) is 20.1 Å². The average molecular weight is 566 g/mol. The van der Waals surface area contributed by atoms with Crippen LogP contribution in [-0.4, -0.2) is 96.9 Å². The smallest absolute Gasteiger partial charge is 0.241 e. The monoisotopic (exact) mass is 565 g/mol. The van der Waals surface area contributed by atoms with E-state index in [1.54, 1.807) is 12.1 Å². The number of piperazine rings is 1. The van der Waals surface area contributed by atoms with Crippen LogP contribution in [0.25, 0.3) is 0 Å². The minimum absolute atomic E-state index is 0.0182. The molecule has 1 saturated carbocycles. The molecule has 9 heteroatoms. The van der Waals surface area contributed by atoms with Gasteiger partial charge in [-0.3, -0.25) is 19.5 Å². The quantitative estimate of drug-likeness (QED) is 0.551. The van der Waals surface area contributed by atoms with Crippen LogP contribution in [0.5, 0.6) is 5.88 Å². The van der Waals surface area contributed by atoms with Gasteiger partial charge in [0.05, 0.1) is 25.8 Å². The molecule has 2 saturated heterocycles. The fourth-order valence-electron chi connectivity index (χ4n) is 6.90. The molecule has 6 rings (SSSR count). The Morgan fingerprint density at radius 2 is 1.83 bits per heavy atom. The first-order valence-corrected chi connectivity index (χ1v) is 15.3. The van der Waals surface area contributed by atoms with Crippen molar-refractivity contribution in [2.45, 2.75) is 76.7 Å². The van der Waals surface area contributed by atoms with E-state index < -0.39 is 0 Å². The van der Waals surface area contributed by atoms with Crippen molar-refractivity contribution in [2.24, 2.45) is 5.92 Å². The highest BCUT2D eigenvalue weighted by Crippen LogP contribution is 2.41. The summed E-state index contributed by atoms with van der Waals surface area (Å²) in [4.78, 5) is 26.0. The molecule has 3 aliphatic heterocycles. The van der Waals surface area contributed by atoms with Crippen LogP contribution in [0.15, 0.2) is 36.5 Å². The van der Waals surface area contributed by atoms with Crippen LogP contribution >= 0.6 is 0 Å². The van der Waals surface area contributed by atoms with Gasteiger partial charge in [0.25, 0.3) is 0 Å². The lowest BCUT2D eigenvalue weighted by atomic mass is 9.78. The van der Waals surface area contributed by atoms with Gasteiger partial charge in [-0.1, -0.05) is 18.6 Å². The van der Waals surface area contributed by atoms with Crippen molar-refractivity contribution in [3.05, 3.63) is 53.5 Å². The zero-order chi connectivity index (χ0) is 28.5. The number of morpholine rings is 1. The van der Waals surface area contributed by atoms with E-state index >= 15 is 0 Å². The summed E-state index contributed by atoms with van der Waals surface area (Å²) in [5, 5.41) is 3.65. The van der Waals surface area contributed by atoms with E-state index in [1.807, 2.05) is 11.1 Å². The molecule has 1 aliphatic carbocycles. The summed E-state index contributed by atoms with van der Waals surface area (Å²) in [6, 6.07) is 9.91. The molecule has 1 amide bonds. The number of hydrogen-bond acceptors (Lipinski definition) is 7. The first kappa shape index (κ1) is 28.5. The Bertz CT molecular complexity index is 1200. The fourth-order valence-corrected chi connectivity index (χ4v) is 6.90. The van der Waals surface area contributed by atoms with Crippen LogP contribution < -0.4 is 15.0 Å². The molecule has 1 N–H and O–H groups in total. The van der Waals surface area contributed by atoms with Gasteiger partial charge in [0, 0.05) is 50.0 Å². The molecule has 2 aromatic rings. The SMILES string of the molecule is C[C@@H]1CN(CC(=O)N2c3cc(Cc4ccc(F)cc4)cnc3OCC2C2CCC2)[C@@H](CN2[C@H](C)COC[C@H]2C)CN1. The molecule has 1 unspecified atom stereocenters. The van der Waals surface area contributed by atoms with E-state index in [1.165, 1.54) is 18.6 Å². The third-order valence-corrected chi connectivity index (χ3v) is 9.49. The maximum atomic E-state index is 14.4. The van der Waals surface area contributed by atoms with Crippen molar-refractivity contribution in [1.29, 1.82) is 0 Å². The van der Waals surface area contributed by atoms with Crippen molar-refractivity contribution in [2.75, 3.05) is 50.9 Å². The van der Waals surface area contributed by atoms with Gasteiger partial charge in [0.1, 0.15) is 18.1 Å². The van der Waals surface area contributed by atoms with E-state index in [0.29, 0.717) is 49.5 Å². The highest BCUT2D eigenvalue weighted by Gasteiger charge is 2.42. The zero-order valence-electron chi connectivity index (χ0n) is 24.6. The molecule has 1 aromatic heterocycles. The van der Waals surface area contributed by atoms with Gasteiger partial charge in [-0.15, -0.1) is 0 Å². The van der Waals surface area contributed by atoms with E-state index in [-0.39, 0.29) is 23.8 Å². The molecule has 5 atom stereocenters. The van der Waals surface area contributed by atoms with Crippen molar-refractivity contribution in [3.8, 4) is 5.88 Å². The number of aromatic nitrogens is 1. The summed E-state index contributed by atoms with van der Waals surface area (Å²) in [5.74, 6) is 0.844. The lowest BCUT2D eigenvalue weighted by Gasteiger charge is -2.47. The van der Waals surface area contributed by atoms with Gasteiger partial charge in [0.15, 0.2) is 0 Å². The Kier molecular flexibility index (Phi) is 8.58. The number of carbonyl (C=O) groups is 1. The number of nitrogens with one attached hydrogen (secondary N) is 1. The van der Waals surface area contributed by atoms with E-state index in [9.17, 15) is 9.18 Å². The van der Waals surface area contributed by atoms with Crippen molar-refractivity contribution < 1.29 is 18.7 Å². The van der Waals surface area contributed by atoms with Crippen LogP contribution in [0, 0.1) is 11.7 Å². The Hall–Kier alpha value is -2.59. The number of hydrogen-bond donors (Lipinski definition) is 1. The highest BCUT2D eigenvalue weighted by atomic mass is 19.1. The standard InChI is InChI=1S/C32H44FN5O3/c1-21-15-36(28(14-34-21)16-37-22(2)18-40-19-23(37)3)17-31(39)38-29-12-25(11-24-7-9-27(33)10-8-24)13-35-32(29)41-20-30(38)26-5-4-6-26/h7-10,12-13,21-23,26,28,30,34H,4-6,11,14-20H2,1-3H3/t21-,22-,23-,28-,30?/m1/s1. The average Bonchev–Trinajstić information content (AvgIpc) is 2.92. The largest absolute Gasteiger partial charge is 0.474 e. The summed E-state index contributed by atoms with van der Waals surface area (Å²) >= 11 is 0. The summed E-state index contributed by atoms with van der Waals surface area (Å²) in [6.45, 7) is 11.6. The number of rotatable bonds is 7. The first-order valence-electron chi connectivity index (χ1n) is 15.3. The fraction of sp³-hybridized carbons (Fsp3) is 0.625. The van der Waals surface area contributed by atoms with Gasteiger partial charge in [-0.25, -0.2) is 9.37 Å². The second kappa shape index (κ2) is 12.3. The number of anilines is 1. The predicted molar refractivity (Wildman–Crippen MR) is 157 cm³/mol. The van der Waals surface area contributed by atoms with Gasteiger partial charge in [0.2, 0.25) is 11.8 Å². The molecule has 1 aromatic carbocycles. The Labute approximate surface area is 243 Å². The minimum atomic E-state index is -0.246. The van der Waals surface area contributed by atoms with E-state index in [4.69, 9.17) is 9.47 Å². The predicted octanol–water partition coefficient (Wildman–Crippen LogP) is 3.48. The molecule has 0 spiro atoms. The number of fused-ring (bicyclic) bond motifs is 1. The minimum Gasteiger partial charge on any atom is -0.474 e. The molecule has 0 bridgehead atoms. The first-order chi connectivity index (χ1) is 19.9. The maximum absolute atomic E-state index is 14.4. The van der Waals surface area contributed by atoms with Crippen LogP contribution in [-0.2, 0) is 16.0 Å². The highest BCUT2D eigenvalue weighted by molar-refractivity contribution is 5.97. The second-order valence-corrected chi connectivity index (χ2v) is 12.6. The molecule has 4 heterocycles. The number of pyridine rings is 1. The van der Waals surface area contributed by atoms with E-state index in [2.05, 4.69) is 46.9 Å². The Morgan fingerprint density at radius 3 is 2.54 bits per heavy atom. The van der Waals surface area contributed by atoms with Crippen LogP contribution in [0.2, 0.25) is 0 Å². The Morgan fingerprint density at radius 1 is 1.07 bits per heavy atom. The summed E-state index contributed by atoms with van der Waals surface area (Å²) in [7, 11) is 0. The maximum Gasteiger partial charge on any atom is 0.241 e. The summed E-state index contributed by atoms with van der Waals surface area (Å²) < 4.78 is 25.4. The molecular weight excluding hydrogens is 521 g/mol. The van der Waals surface area contributed by atoms with Gasteiger partial charge in [-0.05, 0) is 75.3 Å². The third-order valence-electron chi connectivity index (χ3n) is 9.49. The molecule has 3 fully saturated rings. The summed E-state index contributed by atoms with van der Waals surface area (Å²) in [6.07, 6.45) is 5.87. The van der Waals surface area contributed by atoms with Crippen LogP contribution in [0.1, 0.15) is 51.2 Å². The molecular formula is C32H44FN5O3. The topological polar surface area (TPSA) is 70.2 Å². The molecule has 8 nitrogen and oxygen atoms in total. The van der Waals surface area contributed by atoms with Crippen LogP contribution in [0.3, 0.4) is 0 Å². The van der Waals surface area contributed by atoms with E-state index in [0.717, 1.165) is 62.5 Å². The number of nitrogens with zero attached hydrogens (tertiary/aromatic N) is 4. The number of carbonyl (C=O) groups excluding carboxylic acids is 1. The third kappa shape index (κ3) is 6.28. The molecule has 222 valence electrons. The second-order valence-electron chi connectivity index (χ2n) is 12.6. The Balaban J connectivity index is 1.24. The molecule has 4 aliphatic rings. The number of halogens is 1.